The third-order valence-electron chi connectivity index (χ3n) is 4.54. The van der Waals surface area contributed by atoms with Gasteiger partial charge in [-0.1, -0.05) is 0 Å². The van der Waals surface area contributed by atoms with Gasteiger partial charge >= 0.3 is 0 Å². The molecular formula is C21H24N8O2. The normalized spacial score (nSPS) is 11.1. The summed E-state index contributed by atoms with van der Waals surface area (Å²) in [6.07, 6.45) is 1.76. The van der Waals surface area contributed by atoms with E-state index >= 15 is 0 Å². The van der Waals surface area contributed by atoms with Crippen molar-refractivity contribution < 1.29 is 9.53 Å². The molecule has 0 fully saturated rings. The average Bonchev–Trinajstić information content (AvgIpc) is 3.41. The molecule has 0 spiro atoms. The highest BCUT2D eigenvalue weighted by Crippen LogP contribution is 2.26. The maximum atomic E-state index is 11.8. The maximum Gasteiger partial charge on any atom is 0.258 e. The van der Waals surface area contributed by atoms with Gasteiger partial charge in [0.15, 0.2) is 12.4 Å². The minimum atomic E-state index is -0.179. The predicted molar refractivity (Wildman–Crippen MR) is 118 cm³/mol. The first-order chi connectivity index (χ1) is 15.0. The Kier molecular flexibility index (Phi) is 5.80. The summed E-state index contributed by atoms with van der Waals surface area (Å²) in [5.74, 6) is 1.42. The van der Waals surface area contributed by atoms with Crippen molar-refractivity contribution in [2.24, 2.45) is 5.73 Å². The Labute approximate surface area is 178 Å². The molecule has 31 heavy (non-hydrogen) atoms. The molecule has 0 radical (unpaired) electrons. The zero-order valence-corrected chi connectivity index (χ0v) is 17.3. The fourth-order valence-electron chi connectivity index (χ4n) is 3.13. The summed E-state index contributed by atoms with van der Waals surface area (Å²) in [6.45, 7) is 3.99. The van der Waals surface area contributed by atoms with Gasteiger partial charge in [0.05, 0.1) is 11.7 Å². The van der Waals surface area contributed by atoms with Crippen molar-refractivity contribution >= 4 is 28.4 Å². The van der Waals surface area contributed by atoms with Gasteiger partial charge in [-0.15, -0.1) is 5.10 Å². The summed E-state index contributed by atoms with van der Waals surface area (Å²) in [4.78, 5) is 16.3. The molecule has 2 aromatic heterocycles. The van der Waals surface area contributed by atoms with Crippen LogP contribution < -0.4 is 21.1 Å². The summed E-state index contributed by atoms with van der Waals surface area (Å²) in [5.41, 5.74) is 9.27. The lowest BCUT2D eigenvalue weighted by atomic mass is 10.1. The van der Waals surface area contributed by atoms with Crippen LogP contribution in [0.5, 0.6) is 5.75 Å². The van der Waals surface area contributed by atoms with E-state index < -0.39 is 0 Å². The number of nitrogens with zero attached hydrogens (tertiary/aromatic N) is 3. The van der Waals surface area contributed by atoms with Crippen molar-refractivity contribution in [3.8, 4) is 17.1 Å². The summed E-state index contributed by atoms with van der Waals surface area (Å²) < 4.78 is 5.64. The first-order valence-corrected chi connectivity index (χ1v) is 9.90. The van der Waals surface area contributed by atoms with Gasteiger partial charge < -0.3 is 21.1 Å². The number of carbonyl (C=O) groups excluding carboxylic acids is 1. The fourth-order valence-corrected chi connectivity index (χ4v) is 3.13. The van der Waals surface area contributed by atoms with Crippen LogP contribution in [0.2, 0.25) is 0 Å². The summed E-state index contributed by atoms with van der Waals surface area (Å²) in [6, 6.07) is 11.4. The van der Waals surface area contributed by atoms with Crippen LogP contribution in [-0.4, -0.2) is 43.9 Å². The van der Waals surface area contributed by atoms with Crippen molar-refractivity contribution in [1.29, 1.82) is 0 Å². The lowest BCUT2D eigenvalue weighted by molar-refractivity contribution is -0.123. The summed E-state index contributed by atoms with van der Waals surface area (Å²) in [7, 11) is 0. The number of nitrogens with one attached hydrogen (secondary N) is 4. The van der Waals surface area contributed by atoms with Crippen LogP contribution in [0.1, 0.15) is 19.4 Å². The van der Waals surface area contributed by atoms with Gasteiger partial charge in [0.2, 0.25) is 5.95 Å². The van der Waals surface area contributed by atoms with E-state index in [4.69, 9.17) is 10.5 Å². The number of fused-ring (bicyclic) bond motifs is 1. The Morgan fingerprint density at radius 2 is 2.06 bits per heavy atom. The predicted octanol–water partition coefficient (Wildman–Crippen LogP) is 2.45. The van der Waals surface area contributed by atoms with Gasteiger partial charge in [0.1, 0.15) is 5.75 Å². The first kappa shape index (κ1) is 20.4. The molecular weight excluding hydrogens is 396 g/mol. The van der Waals surface area contributed by atoms with E-state index in [1.54, 1.807) is 12.3 Å². The van der Waals surface area contributed by atoms with Gasteiger partial charge in [-0.05, 0) is 50.2 Å². The number of carbonyl (C=O) groups is 1. The topological polar surface area (TPSA) is 147 Å². The number of benzene rings is 2. The molecule has 160 valence electrons. The van der Waals surface area contributed by atoms with Gasteiger partial charge in [0, 0.05) is 34.8 Å². The highest BCUT2D eigenvalue weighted by atomic mass is 16.5. The Hall–Kier alpha value is -3.92. The minimum Gasteiger partial charge on any atom is -0.483 e. The number of anilines is 2. The van der Waals surface area contributed by atoms with Crippen molar-refractivity contribution in [3.63, 3.8) is 0 Å². The second kappa shape index (κ2) is 8.84. The lowest BCUT2D eigenvalue weighted by Crippen LogP contribution is -2.34. The molecule has 0 aliphatic heterocycles. The van der Waals surface area contributed by atoms with Crippen LogP contribution in [0.3, 0.4) is 0 Å². The van der Waals surface area contributed by atoms with Crippen LogP contribution in [0.15, 0.2) is 42.6 Å². The number of nitrogens with two attached hydrogens (primary N) is 1. The number of rotatable bonds is 8. The molecule has 0 aliphatic carbocycles. The molecule has 0 aliphatic rings. The molecule has 1 amide bonds. The lowest BCUT2D eigenvalue weighted by Gasteiger charge is -2.13. The van der Waals surface area contributed by atoms with Crippen molar-refractivity contribution in [1.82, 2.24) is 30.7 Å². The number of ether oxygens (including phenoxy) is 1. The summed E-state index contributed by atoms with van der Waals surface area (Å²) >= 11 is 0. The van der Waals surface area contributed by atoms with Crippen LogP contribution in [-0.2, 0) is 11.3 Å². The van der Waals surface area contributed by atoms with Gasteiger partial charge in [-0.2, -0.15) is 10.1 Å². The van der Waals surface area contributed by atoms with Crippen molar-refractivity contribution in [2.45, 2.75) is 26.4 Å². The van der Waals surface area contributed by atoms with Crippen LogP contribution in [0.25, 0.3) is 22.3 Å². The molecule has 4 aromatic rings. The third kappa shape index (κ3) is 4.81. The molecule has 6 N–H and O–H groups in total. The minimum absolute atomic E-state index is 0.0586. The molecule has 0 bridgehead atoms. The van der Waals surface area contributed by atoms with Crippen LogP contribution in [0.4, 0.5) is 11.6 Å². The molecule has 10 heteroatoms. The number of aromatic amines is 2. The number of amides is 1. The van der Waals surface area contributed by atoms with Crippen molar-refractivity contribution in [2.75, 3.05) is 11.9 Å². The summed E-state index contributed by atoms with van der Waals surface area (Å²) in [5, 5.41) is 21.1. The molecule has 4 rings (SSSR count). The largest absolute Gasteiger partial charge is 0.483 e. The molecule has 0 saturated heterocycles. The van der Waals surface area contributed by atoms with E-state index in [9.17, 15) is 4.79 Å². The zero-order chi connectivity index (χ0) is 21.8. The first-order valence-electron chi connectivity index (χ1n) is 9.90. The van der Waals surface area contributed by atoms with Gasteiger partial charge in [-0.25, -0.2) is 0 Å². The molecule has 10 nitrogen and oxygen atoms in total. The number of hydrogen-bond donors (Lipinski definition) is 5. The standard InChI is InChI=1S/C21H24N8O2/c1-12(2)24-19(30)11-31-18-6-3-13(7-14(18)9-22)20-26-21(29-28-20)25-16-4-5-17-15(8-16)10-23-27-17/h3-8,10,12H,9,11,22H2,1-2H3,(H,23,27)(H,24,30)(H2,25,26,28,29). The van der Waals surface area contributed by atoms with Crippen LogP contribution in [0, 0.1) is 0 Å². The van der Waals surface area contributed by atoms with E-state index in [-0.39, 0.29) is 25.1 Å². The number of hydrogen-bond acceptors (Lipinski definition) is 7. The van der Waals surface area contributed by atoms with Gasteiger partial charge in [0.25, 0.3) is 5.91 Å². The fraction of sp³-hybridized carbons (Fsp3) is 0.238. The monoisotopic (exact) mass is 420 g/mol. The second-order valence-corrected chi connectivity index (χ2v) is 7.34. The zero-order valence-electron chi connectivity index (χ0n) is 17.3. The van der Waals surface area contributed by atoms with Crippen molar-refractivity contribution in [3.05, 3.63) is 48.2 Å². The Bertz CT molecular complexity index is 1200. The Morgan fingerprint density at radius 1 is 1.19 bits per heavy atom. The molecule has 2 aromatic carbocycles. The molecule has 0 atom stereocenters. The smallest absolute Gasteiger partial charge is 0.258 e. The Balaban J connectivity index is 1.46. The molecule has 0 saturated carbocycles. The maximum absolute atomic E-state index is 11.8. The van der Waals surface area contributed by atoms with E-state index in [0.29, 0.717) is 17.5 Å². The number of H-pyrrole nitrogens is 2. The average molecular weight is 420 g/mol. The van der Waals surface area contributed by atoms with Gasteiger partial charge in [-0.3, -0.25) is 15.0 Å². The van der Waals surface area contributed by atoms with E-state index in [1.807, 2.05) is 44.2 Å². The SMILES string of the molecule is CC(C)NC(=O)COc1ccc(-c2nc(Nc3ccc4[nH]ncc4c3)n[nH]2)cc1CN. The Morgan fingerprint density at radius 3 is 2.87 bits per heavy atom. The second-order valence-electron chi connectivity index (χ2n) is 7.34. The highest BCUT2D eigenvalue weighted by molar-refractivity contribution is 5.82. The number of aromatic nitrogens is 5. The third-order valence-corrected chi connectivity index (χ3v) is 4.54. The van der Waals surface area contributed by atoms with E-state index in [2.05, 4.69) is 36.0 Å². The van der Waals surface area contributed by atoms with E-state index in [0.717, 1.165) is 27.7 Å². The molecule has 2 heterocycles. The van der Waals surface area contributed by atoms with Crippen LogP contribution >= 0.6 is 0 Å². The highest BCUT2D eigenvalue weighted by Gasteiger charge is 2.12. The van der Waals surface area contributed by atoms with E-state index in [1.165, 1.54) is 0 Å². The molecule has 0 unspecified atom stereocenters. The quantitative estimate of drug-likeness (QED) is 0.294.